The summed E-state index contributed by atoms with van der Waals surface area (Å²) in [6.45, 7) is 7.59. The lowest BCUT2D eigenvalue weighted by Gasteiger charge is -2.51. The van der Waals surface area contributed by atoms with Crippen molar-refractivity contribution >= 4 is 29.4 Å². The number of rotatable bonds is 12. The van der Waals surface area contributed by atoms with E-state index < -0.39 is 11.7 Å². The number of hydrazine groups is 1. The van der Waals surface area contributed by atoms with Gasteiger partial charge in [-0.15, -0.1) is 0 Å². The van der Waals surface area contributed by atoms with Gasteiger partial charge >= 0.3 is 6.03 Å². The maximum Gasteiger partial charge on any atom is 0.328 e. The Labute approximate surface area is 230 Å². The van der Waals surface area contributed by atoms with Crippen LogP contribution in [0, 0.1) is 0 Å². The second-order valence-electron chi connectivity index (χ2n) is 9.74. The molecule has 1 fully saturated rings. The summed E-state index contributed by atoms with van der Waals surface area (Å²) in [7, 11) is 0. The van der Waals surface area contributed by atoms with Gasteiger partial charge in [-0.25, -0.2) is 14.8 Å². The fraction of sp³-hybridized carbons (Fsp3) is 0.483. The maximum absolute atomic E-state index is 14.1. The van der Waals surface area contributed by atoms with Crippen molar-refractivity contribution in [2.45, 2.75) is 58.2 Å². The number of benzene rings is 2. The number of fused-ring (bicyclic) bond motifs is 1. The standard InChI is InChI=1S/C29H38ClN5O3/c1-4-16-33-27(37)26-29(5-2,34(28(33)38)17-15-23-13-10-14-24(30)20-23)31-25(21-22-11-8-7-9-12-22)35(26)32(6-3)18-19-36/h7-14,20,26,36H,4-6,15-19,21H2,1-3H3. The number of hydrogen-bond donors (Lipinski definition) is 1. The molecule has 2 aliphatic rings. The highest BCUT2D eigenvalue weighted by atomic mass is 35.5. The van der Waals surface area contributed by atoms with Gasteiger partial charge in [0.15, 0.2) is 11.7 Å². The summed E-state index contributed by atoms with van der Waals surface area (Å²) < 4.78 is 0. The van der Waals surface area contributed by atoms with Crippen molar-refractivity contribution in [3.63, 3.8) is 0 Å². The third-order valence-corrected chi connectivity index (χ3v) is 7.65. The molecule has 0 aromatic heterocycles. The van der Waals surface area contributed by atoms with E-state index in [1.807, 2.05) is 85.4 Å². The zero-order valence-corrected chi connectivity index (χ0v) is 23.3. The molecule has 1 saturated heterocycles. The monoisotopic (exact) mass is 539 g/mol. The minimum atomic E-state index is -1.05. The molecule has 3 amide bonds. The first kappa shape index (κ1) is 28.1. The molecule has 2 aromatic carbocycles. The molecule has 204 valence electrons. The normalized spacial score (nSPS) is 21.4. The third kappa shape index (κ3) is 5.30. The number of amidine groups is 1. The molecule has 38 heavy (non-hydrogen) atoms. The summed E-state index contributed by atoms with van der Waals surface area (Å²) in [5, 5.41) is 14.5. The van der Waals surface area contributed by atoms with Gasteiger partial charge in [-0.3, -0.25) is 19.6 Å². The highest BCUT2D eigenvalue weighted by Gasteiger charge is 2.62. The van der Waals surface area contributed by atoms with Gasteiger partial charge in [0.2, 0.25) is 0 Å². The minimum absolute atomic E-state index is 0.0565. The predicted octanol–water partition coefficient (Wildman–Crippen LogP) is 4.22. The van der Waals surface area contributed by atoms with E-state index in [9.17, 15) is 14.7 Å². The van der Waals surface area contributed by atoms with Crippen LogP contribution in [0.5, 0.6) is 0 Å². The largest absolute Gasteiger partial charge is 0.395 e. The second-order valence-corrected chi connectivity index (χ2v) is 10.2. The number of aliphatic hydroxyl groups is 1. The lowest BCUT2D eigenvalue weighted by Crippen LogP contribution is -2.74. The van der Waals surface area contributed by atoms with Gasteiger partial charge in [-0.1, -0.05) is 74.8 Å². The Kier molecular flexibility index (Phi) is 9.07. The zero-order valence-electron chi connectivity index (χ0n) is 22.5. The Morgan fingerprint density at radius 3 is 2.39 bits per heavy atom. The molecule has 2 unspecified atom stereocenters. The average molecular weight is 540 g/mol. The molecule has 0 saturated carbocycles. The Morgan fingerprint density at radius 2 is 1.76 bits per heavy atom. The van der Waals surface area contributed by atoms with Crippen molar-refractivity contribution in [3.05, 3.63) is 70.7 Å². The molecule has 2 atom stereocenters. The van der Waals surface area contributed by atoms with Gasteiger partial charge in [-0.05, 0) is 42.5 Å². The summed E-state index contributed by atoms with van der Waals surface area (Å²) >= 11 is 6.23. The fourth-order valence-electron chi connectivity index (χ4n) is 5.62. The molecular formula is C29H38ClN5O3. The quantitative estimate of drug-likeness (QED) is 0.437. The van der Waals surface area contributed by atoms with Gasteiger partial charge in [0, 0.05) is 37.6 Å². The van der Waals surface area contributed by atoms with Crippen LogP contribution in [0.4, 0.5) is 4.79 Å². The van der Waals surface area contributed by atoms with Gasteiger partial charge in [0.1, 0.15) is 5.84 Å². The van der Waals surface area contributed by atoms with E-state index in [2.05, 4.69) is 0 Å². The summed E-state index contributed by atoms with van der Waals surface area (Å²) in [6.07, 6.45) is 2.25. The van der Waals surface area contributed by atoms with Crippen LogP contribution in [-0.2, 0) is 17.6 Å². The molecule has 1 N–H and O–H groups in total. The van der Waals surface area contributed by atoms with Crippen molar-refractivity contribution in [1.82, 2.24) is 19.8 Å². The van der Waals surface area contributed by atoms with E-state index in [1.54, 1.807) is 4.90 Å². The molecule has 0 spiro atoms. The second kappa shape index (κ2) is 12.3. The Morgan fingerprint density at radius 1 is 1.03 bits per heavy atom. The van der Waals surface area contributed by atoms with E-state index in [-0.39, 0.29) is 18.5 Å². The van der Waals surface area contributed by atoms with Crippen molar-refractivity contribution in [2.75, 3.05) is 32.8 Å². The average Bonchev–Trinajstić information content (AvgIpc) is 3.25. The van der Waals surface area contributed by atoms with Crippen molar-refractivity contribution < 1.29 is 14.7 Å². The van der Waals surface area contributed by atoms with Crippen molar-refractivity contribution in [1.29, 1.82) is 0 Å². The first-order chi connectivity index (χ1) is 18.4. The molecular weight excluding hydrogens is 502 g/mol. The number of hydrogen-bond acceptors (Lipinski definition) is 6. The number of imide groups is 1. The minimum Gasteiger partial charge on any atom is -0.395 e. The van der Waals surface area contributed by atoms with Crippen LogP contribution in [0.15, 0.2) is 59.6 Å². The number of likely N-dealkylation sites (N-methyl/N-ethyl adjacent to an activating group) is 1. The SMILES string of the molecule is CCCN1C(=O)C2N(N(CC)CCO)C(Cc3ccccc3)=NC2(CC)N(CCc2cccc(Cl)c2)C1=O. The molecule has 9 heteroatoms. The fourth-order valence-corrected chi connectivity index (χ4v) is 5.83. The molecule has 2 aliphatic heterocycles. The van der Waals surface area contributed by atoms with Crippen LogP contribution >= 0.6 is 11.6 Å². The summed E-state index contributed by atoms with van der Waals surface area (Å²) in [5.74, 6) is 0.492. The zero-order chi connectivity index (χ0) is 27.3. The number of amides is 3. The topological polar surface area (TPSA) is 79.7 Å². The highest BCUT2D eigenvalue weighted by molar-refractivity contribution is 6.30. The third-order valence-electron chi connectivity index (χ3n) is 7.41. The maximum atomic E-state index is 14.1. The van der Waals surface area contributed by atoms with E-state index in [4.69, 9.17) is 16.6 Å². The Balaban J connectivity index is 1.81. The van der Waals surface area contributed by atoms with Crippen LogP contribution in [-0.4, -0.2) is 87.2 Å². The lowest BCUT2D eigenvalue weighted by molar-refractivity contribution is -0.151. The molecule has 0 bridgehead atoms. The molecule has 2 heterocycles. The number of carbonyl (C=O) groups is 2. The number of aliphatic hydroxyl groups excluding tert-OH is 1. The molecule has 0 aliphatic carbocycles. The summed E-state index contributed by atoms with van der Waals surface area (Å²) in [4.78, 5) is 36.5. The Hall–Kier alpha value is -2.94. The summed E-state index contributed by atoms with van der Waals surface area (Å²) in [5.41, 5.74) is 1.03. The number of carbonyl (C=O) groups excluding carboxylic acids is 2. The lowest BCUT2D eigenvalue weighted by atomic mass is 9.91. The Bertz CT molecular complexity index is 1160. The molecule has 8 nitrogen and oxygen atoms in total. The van der Waals surface area contributed by atoms with Crippen LogP contribution in [0.1, 0.15) is 44.7 Å². The number of nitrogens with zero attached hydrogens (tertiary/aromatic N) is 5. The molecule has 2 aromatic rings. The van der Waals surface area contributed by atoms with Gasteiger partial charge < -0.3 is 5.11 Å². The highest BCUT2D eigenvalue weighted by Crippen LogP contribution is 2.42. The van der Waals surface area contributed by atoms with E-state index in [0.717, 1.165) is 17.0 Å². The van der Waals surface area contributed by atoms with Crippen molar-refractivity contribution in [2.24, 2.45) is 4.99 Å². The smallest absolute Gasteiger partial charge is 0.328 e. The van der Waals surface area contributed by atoms with Crippen LogP contribution in [0.3, 0.4) is 0 Å². The number of urea groups is 1. The number of halogens is 1. The first-order valence-corrected chi connectivity index (χ1v) is 13.9. The van der Waals surface area contributed by atoms with E-state index >= 15 is 0 Å². The van der Waals surface area contributed by atoms with Gasteiger partial charge in [-0.2, -0.15) is 0 Å². The van der Waals surface area contributed by atoms with Crippen molar-refractivity contribution in [3.8, 4) is 0 Å². The first-order valence-electron chi connectivity index (χ1n) is 13.5. The van der Waals surface area contributed by atoms with E-state index in [1.165, 1.54) is 4.90 Å². The molecule has 4 rings (SSSR count). The van der Waals surface area contributed by atoms with Gasteiger partial charge in [0.05, 0.1) is 6.61 Å². The number of aliphatic imine (C=N–C) groups is 1. The predicted molar refractivity (Wildman–Crippen MR) is 150 cm³/mol. The van der Waals surface area contributed by atoms with Crippen LogP contribution in [0.2, 0.25) is 5.02 Å². The molecule has 0 radical (unpaired) electrons. The van der Waals surface area contributed by atoms with E-state index in [0.29, 0.717) is 56.9 Å². The van der Waals surface area contributed by atoms with Crippen LogP contribution < -0.4 is 0 Å². The van der Waals surface area contributed by atoms with Gasteiger partial charge in [0.25, 0.3) is 5.91 Å². The van der Waals surface area contributed by atoms with Crippen LogP contribution in [0.25, 0.3) is 0 Å². The summed E-state index contributed by atoms with van der Waals surface area (Å²) in [6, 6.07) is 16.7.